The van der Waals surface area contributed by atoms with E-state index in [0.29, 0.717) is 5.88 Å². The van der Waals surface area contributed by atoms with Gasteiger partial charge in [0.05, 0.1) is 13.0 Å². The second-order valence-electron chi connectivity index (χ2n) is 9.81. The average molecular weight is 536 g/mol. The van der Waals surface area contributed by atoms with Crippen molar-refractivity contribution in [3.63, 3.8) is 0 Å². The van der Waals surface area contributed by atoms with Crippen LogP contribution in [0, 0.1) is 13.8 Å². The minimum absolute atomic E-state index is 0.0208. The van der Waals surface area contributed by atoms with Gasteiger partial charge in [-0.15, -0.1) is 11.8 Å². The number of aliphatic carboxylic acids is 1. The zero-order valence-electron chi connectivity index (χ0n) is 21.6. The summed E-state index contributed by atoms with van der Waals surface area (Å²) in [5.74, 6) is 2.70. The SMILES string of the molecule is CSCCCOc1cc(C)c(-c2cccc3c2CCC3Oc2cc3c(cn2)[C@H](CC(=O)O)CS3)c(C)c1. The maximum atomic E-state index is 11.2. The van der Waals surface area contributed by atoms with Crippen LogP contribution in [-0.4, -0.2) is 40.4 Å². The molecule has 5 nitrogen and oxygen atoms in total. The Morgan fingerprint density at radius 3 is 2.76 bits per heavy atom. The predicted molar refractivity (Wildman–Crippen MR) is 151 cm³/mol. The fraction of sp³-hybridized carbons (Fsp3) is 0.400. The molecule has 0 bridgehead atoms. The zero-order chi connectivity index (χ0) is 25.9. The van der Waals surface area contributed by atoms with Gasteiger partial charge in [-0.3, -0.25) is 4.79 Å². The van der Waals surface area contributed by atoms with Gasteiger partial charge in [-0.1, -0.05) is 18.2 Å². The zero-order valence-corrected chi connectivity index (χ0v) is 23.2. The molecule has 0 saturated carbocycles. The minimum atomic E-state index is -0.768. The van der Waals surface area contributed by atoms with E-state index >= 15 is 0 Å². The van der Waals surface area contributed by atoms with E-state index in [0.717, 1.165) is 53.6 Å². The van der Waals surface area contributed by atoms with E-state index in [2.05, 4.69) is 55.4 Å². The normalized spacial score (nSPS) is 17.9. The van der Waals surface area contributed by atoms with Crippen LogP contribution in [0.25, 0.3) is 11.1 Å². The molecule has 1 N–H and O–H groups in total. The third-order valence-electron chi connectivity index (χ3n) is 7.19. The molecule has 0 amide bonds. The van der Waals surface area contributed by atoms with Gasteiger partial charge in [0.15, 0.2) is 0 Å². The Balaban J connectivity index is 1.35. The molecular formula is C30H33NO4S2. The van der Waals surface area contributed by atoms with Gasteiger partial charge in [0.1, 0.15) is 11.9 Å². The summed E-state index contributed by atoms with van der Waals surface area (Å²) in [4.78, 5) is 16.8. The summed E-state index contributed by atoms with van der Waals surface area (Å²) in [6, 6.07) is 12.8. The Bertz CT molecular complexity index is 1290. The molecule has 1 aliphatic carbocycles. The molecule has 0 spiro atoms. The van der Waals surface area contributed by atoms with Crippen molar-refractivity contribution in [2.45, 2.75) is 56.4 Å². The summed E-state index contributed by atoms with van der Waals surface area (Å²) >= 11 is 3.54. The monoisotopic (exact) mass is 535 g/mol. The lowest BCUT2D eigenvalue weighted by atomic mass is 9.90. The molecule has 1 aliphatic heterocycles. The van der Waals surface area contributed by atoms with E-state index in [1.807, 2.05) is 24.0 Å². The van der Waals surface area contributed by atoms with Gasteiger partial charge < -0.3 is 14.6 Å². The molecule has 2 atom stereocenters. The number of ether oxygens (including phenoxy) is 2. The fourth-order valence-corrected chi connectivity index (χ4v) is 7.18. The maximum absolute atomic E-state index is 11.2. The van der Waals surface area contributed by atoms with Crippen LogP contribution in [0.3, 0.4) is 0 Å². The van der Waals surface area contributed by atoms with Gasteiger partial charge in [0.25, 0.3) is 0 Å². The first-order valence-electron chi connectivity index (χ1n) is 12.8. The van der Waals surface area contributed by atoms with Crippen molar-refractivity contribution in [2.75, 3.05) is 24.4 Å². The number of hydrogen-bond acceptors (Lipinski definition) is 6. The van der Waals surface area contributed by atoms with Gasteiger partial charge in [-0.05, 0) is 96.2 Å². The highest BCUT2D eigenvalue weighted by atomic mass is 32.2. The molecule has 0 radical (unpaired) electrons. The molecule has 194 valence electrons. The highest BCUT2D eigenvalue weighted by Crippen LogP contribution is 2.45. The number of carboxylic acid groups (broad SMARTS) is 1. The second-order valence-corrected chi connectivity index (χ2v) is 11.9. The number of carbonyl (C=O) groups is 1. The van der Waals surface area contributed by atoms with Crippen LogP contribution in [-0.2, 0) is 11.2 Å². The molecule has 2 aliphatic rings. The number of thioether (sulfide) groups is 2. The van der Waals surface area contributed by atoms with Crippen molar-refractivity contribution in [1.29, 1.82) is 0 Å². The van der Waals surface area contributed by atoms with E-state index in [1.165, 1.54) is 33.4 Å². The van der Waals surface area contributed by atoms with Crippen molar-refractivity contribution < 1.29 is 19.4 Å². The van der Waals surface area contributed by atoms with Crippen LogP contribution >= 0.6 is 23.5 Å². The molecule has 2 heterocycles. The molecule has 5 rings (SSSR count). The Morgan fingerprint density at radius 1 is 1.19 bits per heavy atom. The third-order valence-corrected chi connectivity index (χ3v) is 9.12. The Hall–Kier alpha value is -2.64. The van der Waals surface area contributed by atoms with Gasteiger partial charge in [-0.2, -0.15) is 11.8 Å². The number of rotatable bonds is 10. The van der Waals surface area contributed by atoms with Gasteiger partial charge in [0.2, 0.25) is 5.88 Å². The number of carboxylic acids is 1. The predicted octanol–water partition coefficient (Wildman–Crippen LogP) is 7.23. The number of nitrogens with zero attached hydrogens (tertiary/aromatic N) is 1. The van der Waals surface area contributed by atoms with Crippen LogP contribution in [0.15, 0.2) is 47.5 Å². The molecule has 1 aromatic heterocycles. The highest BCUT2D eigenvalue weighted by molar-refractivity contribution is 7.99. The van der Waals surface area contributed by atoms with Gasteiger partial charge >= 0.3 is 5.97 Å². The summed E-state index contributed by atoms with van der Waals surface area (Å²) in [7, 11) is 0. The van der Waals surface area contributed by atoms with Crippen LogP contribution in [0.2, 0.25) is 0 Å². The van der Waals surface area contributed by atoms with Crippen LogP contribution in [0.1, 0.15) is 59.1 Å². The van der Waals surface area contributed by atoms with Crippen molar-refractivity contribution in [3.05, 3.63) is 70.4 Å². The first kappa shape index (κ1) is 26.0. The van der Waals surface area contributed by atoms with Crippen molar-refractivity contribution in [1.82, 2.24) is 4.98 Å². The number of aromatic nitrogens is 1. The highest BCUT2D eigenvalue weighted by Gasteiger charge is 2.30. The van der Waals surface area contributed by atoms with Crippen molar-refractivity contribution in [3.8, 4) is 22.8 Å². The number of pyridine rings is 1. The minimum Gasteiger partial charge on any atom is -0.494 e. The molecule has 0 fully saturated rings. The van der Waals surface area contributed by atoms with Crippen LogP contribution in [0.5, 0.6) is 11.6 Å². The van der Waals surface area contributed by atoms with E-state index in [-0.39, 0.29) is 18.4 Å². The van der Waals surface area contributed by atoms with Crippen LogP contribution < -0.4 is 9.47 Å². The second kappa shape index (κ2) is 11.4. The number of aryl methyl sites for hydroxylation is 2. The van der Waals surface area contributed by atoms with E-state index in [1.54, 1.807) is 11.8 Å². The van der Waals surface area contributed by atoms with Gasteiger partial charge in [0, 0.05) is 28.8 Å². The largest absolute Gasteiger partial charge is 0.494 e. The summed E-state index contributed by atoms with van der Waals surface area (Å²) < 4.78 is 12.4. The first-order valence-corrected chi connectivity index (χ1v) is 15.2. The maximum Gasteiger partial charge on any atom is 0.303 e. The van der Waals surface area contributed by atoms with E-state index in [4.69, 9.17) is 9.47 Å². The smallest absolute Gasteiger partial charge is 0.303 e. The number of hydrogen-bond donors (Lipinski definition) is 1. The number of fused-ring (bicyclic) bond motifs is 2. The molecule has 3 aromatic rings. The molecule has 7 heteroatoms. The third kappa shape index (κ3) is 5.63. The molecule has 0 saturated heterocycles. The summed E-state index contributed by atoms with van der Waals surface area (Å²) in [5, 5.41) is 9.18. The Kier molecular flexibility index (Phi) is 8.01. The molecule has 2 aromatic carbocycles. The standard InChI is InChI=1S/C30H33NO4S2/c1-18-12-21(34-10-5-11-36-3)13-19(2)30(18)24-7-4-6-23-22(24)8-9-26(23)35-28-15-27-25(16-31-28)20(17-37-27)14-29(32)33/h4,6-7,12-13,15-16,20,26H,5,8-11,14,17H2,1-3H3,(H,32,33)/t20-,26?/m1/s1. The molecule has 37 heavy (non-hydrogen) atoms. The lowest BCUT2D eigenvalue weighted by molar-refractivity contribution is -0.137. The van der Waals surface area contributed by atoms with Crippen molar-refractivity contribution in [2.24, 2.45) is 0 Å². The van der Waals surface area contributed by atoms with Crippen molar-refractivity contribution >= 4 is 29.5 Å². The van der Waals surface area contributed by atoms with Gasteiger partial charge in [-0.25, -0.2) is 4.98 Å². The summed E-state index contributed by atoms with van der Waals surface area (Å²) in [6.45, 7) is 5.08. The first-order chi connectivity index (χ1) is 17.9. The summed E-state index contributed by atoms with van der Waals surface area (Å²) in [5.41, 5.74) is 8.62. The Labute approximate surface area is 227 Å². The lowest BCUT2D eigenvalue weighted by Gasteiger charge is -2.18. The quantitative estimate of drug-likeness (QED) is 0.275. The fourth-order valence-electron chi connectivity index (χ4n) is 5.53. The Morgan fingerprint density at radius 2 is 2.00 bits per heavy atom. The van der Waals surface area contributed by atoms with E-state index in [9.17, 15) is 9.90 Å². The van der Waals surface area contributed by atoms with Crippen LogP contribution in [0.4, 0.5) is 0 Å². The number of benzene rings is 2. The summed E-state index contributed by atoms with van der Waals surface area (Å²) in [6.07, 6.45) is 6.96. The topological polar surface area (TPSA) is 68.7 Å². The van der Waals surface area contributed by atoms with E-state index < -0.39 is 5.97 Å². The molecule has 1 unspecified atom stereocenters. The molecular weight excluding hydrogens is 502 g/mol. The lowest BCUT2D eigenvalue weighted by Crippen LogP contribution is -2.07. The average Bonchev–Trinajstić information content (AvgIpc) is 3.45.